The molecule has 1 aliphatic heterocycles. The number of aromatic nitrogens is 2. The highest BCUT2D eigenvalue weighted by molar-refractivity contribution is 6.31. The van der Waals surface area contributed by atoms with E-state index in [1.165, 1.54) is 0 Å². The number of nitrogens with zero attached hydrogens (tertiary/aromatic N) is 3. The lowest BCUT2D eigenvalue weighted by molar-refractivity contribution is -0.141. The Morgan fingerprint density at radius 2 is 1.76 bits per heavy atom. The quantitative estimate of drug-likeness (QED) is 0.594. The van der Waals surface area contributed by atoms with E-state index in [0.29, 0.717) is 25.9 Å². The summed E-state index contributed by atoms with van der Waals surface area (Å²) >= 11 is 12.3. The molecule has 0 spiro atoms. The van der Waals surface area contributed by atoms with Gasteiger partial charge < -0.3 is 5.32 Å². The molecule has 1 N–H and O–H groups in total. The molecule has 0 bridgehead atoms. The fourth-order valence-corrected chi connectivity index (χ4v) is 3.57. The molecule has 150 valence electrons. The van der Waals surface area contributed by atoms with Crippen LogP contribution in [0.3, 0.4) is 0 Å². The molecule has 0 saturated carbocycles. The number of alkyl halides is 3. The first-order valence-electron chi connectivity index (χ1n) is 8.46. The predicted octanol–water partition coefficient (Wildman–Crippen LogP) is 5.37. The third-order valence-corrected chi connectivity index (χ3v) is 5.04. The fraction of sp³-hybridized carbons (Fsp3) is 0.158. The van der Waals surface area contributed by atoms with Crippen molar-refractivity contribution in [1.82, 2.24) is 9.55 Å². The molecule has 1 atom stereocenters. The number of benzene rings is 2. The molecular formula is C19H13Cl2F3N4O. The summed E-state index contributed by atoms with van der Waals surface area (Å²) in [4.78, 5) is 18.6. The Labute approximate surface area is 173 Å². The van der Waals surface area contributed by atoms with Gasteiger partial charge in [0, 0.05) is 21.3 Å². The number of nitrogens with one attached hydrogen (secondary N) is 1. The minimum absolute atomic E-state index is 0.0309. The largest absolute Gasteiger partial charge is 0.406 e. The summed E-state index contributed by atoms with van der Waals surface area (Å²) in [6.45, 7) is -1.43. The van der Waals surface area contributed by atoms with Crippen LogP contribution < -0.4 is 15.8 Å². The summed E-state index contributed by atoms with van der Waals surface area (Å²) in [5.74, 6) is 0.209. The number of anilines is 3. The summed E-state index contributed by atoms with van der Waals surface area (Å²) in [7, 11) is 0. The number of hydrogen-bond donors (Lipinski definition) is 1. The molecule has 1 aliphatic rings. The van der Waals surface area contributed by atoms with E-state index in [0.717, 1.165) is 6.33 Å². The van der Waals surface area contributed by atoms with E-state index in [1.807, 2.05) is 0 Å². The predicted molar refractivity (Wildman–Crippen MR) is 106 cm³/mol. The normalized spacial score (nSPS) is 15.9. The molecule has 1 aromatic heterocycles. The van der Waals surface area contributed by atoms with Crippen LogP contribution in [0.15, 0.2) is 59.7 Å². The molecule has 10 heteroatoms. The Hall–Kier alpha value is -2.71. The SMILES string of the molecule is O=c1c2c(ncn1CC(F)(F)F)N(c1ccc(Cl)cc1)C(c1ccccc1Cl)N2. The molecule has 2 heterocycles. The first kappa shape index (κ1) is 19.6. The smallest absolute Gasteiger partial charge is 0.354 e. The monoisotopic (exact) mass is 440 g/mol. The van der Waals surface area contributed by atoms with Crippen molar-refractivity contribution in [3.05, 3.63) is 80.8 Å². The zero-order chi connectivity index (χ0) is 20.8. The Morgan fingerprint density at radius 1 is 1.07 bits per heavy atom. The summed E-state index contributed by atoms with van der Waals surface area (Å²) in [5, 5.41) is 3.95. The van der Waals surface area contributed by atoms with Gasteiger partial charge in [0.25, 0.3) is 5.56 Å². The van der Waals surface area contributed by atoms with Gasteiger partial charge >= 0.3 is 6.18 Å². The van der Waals surface area contributed by atoms with Gasteiger partial charge in [-0.3, -0.25) is 14.3 Å². The number of rotatable bonds is 3. The minimum Gasteiger partial charge on any atom is -0.354 e. The highest BCUT2D eigenvalue weighted by Gasteiger charge is 2.37. The van der Waals surface area contributed by atoms with Crippen LogP contribution in [0, 0.1) is 0 Å². The molecule has 3 aromatic rings. The molecular weight excluding hydrogens is 428 g/mol. The number of halogens is 5. The van der Waals surface area contributed by atoms with E-state index in [2.05, 4.69) is 10.3 Å². The molecule has 0 aliphatic carbocycles. The lowest BCUT2D eigenvalue weighted by atomic mass is 10.1. The van der Waals surface area contributed by atoms with Crippen LogP contribution in [0.4, 0.5) is 30.4 Å². The summed E-state index contributed by atoms with van der Waals surface area (Å²) < 4.78 is 38.9. The Bertz CT molecular complexity index is 1120. The zero-order valence-corrected chi connectivity index (χ0v) is 16.1. The van der Waals surface area contributed by atoms with Gasteiger partial charge in [0.2, 0.25) is 0 Å². The van der Waals surface area contributed by atoms with Crippen LogP contribution >= 0.6 is 23.2 Å². The van der Waals surface area contributed by atoms with Crippen LogP contribution in [0.5, 0.6) is 0 Å². The van der Waals surface area contributed by atoms with Crippen molar-refractivity contribution in [1.29, 1.82) is 0 Å². The first-order valence-corrected chi connectivity index (χ1v) is 9.22. The van der Waals surface area contributed by atoms with Crippen molar-refractivity contribution >= 4 is 40.4 Å². The van der Waals surface area contributed by atoms with Crippen molar-refractivity contribution < 1.29 is 13.2 Å². The molecule has 0 saturated heterocycles. The van der Waals surface area contributed by atoms with Crippen LogP contribution in [-0.4, -0.2) is 15.7 Å². The molecule has 1 unspecified atom stereocenters. The van der Waals surface area contributed by atoms with Crippen molar-refractivity contribution in [3.63, 3.8) is 0 Å². The lowest BCUT2D eigenvalue weighted by Gasteiger charge is -2.27. The van der Waals surface area contributed by atoms with E-state index in [1.54, 1.807) is 53.4 Å². The number of fused-ring (bicyclic) bond motifs is 1. The lowest BCUT2D eigenvalue weighted by Crippen LogP contribution is -2.29. The molecule has 2 aromatic carbocycles. The molecule has 4 rings (SSSR count). The summed E-state index contributed by atoms with van der Waals surface area (Å²) in [6.07, 6.45) is -4.29. The van der Waals surface area contributed by atoms with Crippen molar-refractivity contribution in [2.45, 2.75) is 18.9 Å². The van der Waals surface area contributed by atoms with E-state index in [9.17, 15) is 18.0 Å². The molecule has 29 heavy (non-hydrogen) atoms. The fourth-order valence-electron chi connectivity index (χ4n) is 3.21. The van der Waals surface area contributed by atoms with Crippen molar-refractivity contribution in [2.75, 3.05) is 10.2 Å². The van der Waals surface area contributed by atoms with E-state index in [4.69, 9.17) is 23.2 Å². The van der Waals surface area contributed by atoms with Gasteiger partial charge in [-0.15, -0.1) is 0 Å². The van der Waals surface area contributed by atoms with Gasteiger partial charge in [-0.25, -0.2) is 4.98 Å². The van der Waals surface area contributed by atoms with Gasteiger partial charge in [-0.2, -0.15) is 13.2 Å². The van der Waals surface area contributed by atoms with E-state index in [-0.39, 0.29) is 11.5 Å². The topological polar surface area (TPSA) is 50.2 Å². The molecule has 0 amide bonds. The van der Waals surface area contributed by atoms with Crippen molar-refractivity contribution in [3.8, 4) is 0 Å². The van der Waals surface area contributed by atoms with E-state index >= 15 is 0 Å². The Balaban J connectivity index is 1.86. The van der Waals surface area contributed by atoms with Gasteiger partial charge in [-0.05, 0) is 30.3 Å². The average molecular weight is 441 g/mol. The summed E-state index contributed by atoms with van der Waals surface area (Å²) in [6, 6.07) is 13.8. The van der Waals surface area contributed by atoms with Gasteiger partial charge in [0.1, 0.15) is 24.7 Å². The highest BCUT2D eigenvalue weighted by Crippen LogP contribution is 2.44. The van der Waals surface area contributed by atoms with Crippen LogP contribution in [0.2, 0.25) is 10.0 Å². The van der Waals surface area contributed by atoms with Crippen LogP contribution in [0.25, 0.3) is 0 Å². The standard InChI is InChI=1S/C19H13Cl2F3N4O/c20-11-5-7-12(8-6-11)28-16(13-3-1-2-4-14(13)21)26-15-17(28)25-10-27(18(15)29)9-19(22,23)24/h1-8,10,16,26H,9H2. The Kier molecular flexibility index (Phi) is 4.92. The third kappa shape index (κ3) is 3.77. The zero-order valence-electron chi connectivity index (χ0n) is 14.6. The molecule has 5 nitrogen and oxygen atoms in total. The second kappa shape index (κ2) is 7.27. The highest BCUT2D eigenvalue weighted by atomic mass is 35.5. The van der Waals surface area contributed by atoms with Crippen LogP contribution in [-0.2, 0) is 6.54 Å². The van der Waals surface area contributed by atoms with Crippen LogP contribution in [0.1, 0.15) is 11.7 Å². The maximum Gasteiger partial charge on any atom is 0.406 e. The minimum atomic E-state index is -4.55. The molecule has 0 fully saturated rings. The van der Waals surface area contributed by atoms with Gasteiger partial charge in [0.15, 0.2) is 5.82 Å². The number of hydrogen-bond acceptors (Lipinski definition) is 4. The maximum atomic E-state index is 12.8. The first-order chi connectivity index (χ1) is 13.7. The third-order valence-electron chi connectivity index (χ3n) is 4.44. The average Bonchev–Trinajstić information content (AvgIpc) is 3.04. The van der Waals surface area contributed by atoms with E-state index < -0.39 is 24.4 Å². The van der Waals surface area contributed by atoms with Gasteiger partial charge in [-0.1, -0.05) is 41.4 Å². The van der Waals surface area contributed by atoms with Crippen molar-refractivity contribution in [2.24, 2.45) is 0 Å². The maximum absolute atomic E-state index is 12.8. The van der Waals surface area contributed by atoms with Gasteiger partial charge in [0.05, 0.1) is 0 Å². The second-order valence-corrected chi connectivity index (χ2v) is 7.25. The molecule has 0 radical (unpaired) electrons. The summed E-state index contributed by atoms with van der Waals surface area (Å²) in [5.41, 5.74) is 0.437. The Morgan fingerprint density at radius 3 is 2.41 bits per heavy atom. The second-order valence-electron chi connectivity index (χ2n) is 6.41.